The predicted molar refractivity (Wildman–Crippen MR) is 106 cm³/mol. The lowest BCUT2D eigenvalue weighted by Gasteiger charge is -2.37. The van der Waals surface area contributed by atoms with Crippen LogP contribution in [0, 0.1) is 5.92 Å². The Morgan fingerprint density at radius 1 is 1.07 bits per heavy atom. The van der Waals surface area contributed by atoms with E-state index < -0.39 is 0 Å². The number of ether oxygens (including phenoxy) is 2. The first-order valence-electron chi connectivity index (χ1n) is 9.80. The molecule has 2 heterocycles. The zero-order valence-electron chi connectivity index (χ0n) is 16.2. The predicted octanol–water partition coefficient (Wildman–Crippen LogP) is 3.09. The van der Waals surface area contributed by atoms with Crippen LogP contribution in [0.3, 0.4) is 0 Å². The van der Waals surface area contributed by atoms with Gasteiger partial charge >= 0.3 is 0 Å². The number of likely N-dealkylation sites (tertiary alicyclic amines) is 1. The highest BCUT2D eigenvalue weighted by molar-refractivity contribution is 5.84. The van der Waals surface area contributed by atoms with Crippen LogP contribution in [0.25, 0.3) is 10.8 Å². The van der Waals surface area contributed by atoms with Crippen molar-refractivity contribution in [3.05, 3.63) is 42.0 Å². The zero-order chi connectivity index (χ0) is 18.8. The lowest BCUT2D eigenvalue weighted by Crippen LogP contribution is -2.47. The first kappa shape index (κ1) is 18.3. The quantitative estimate of drug-likeness (QED) is 0.835. The van der Waals surface area contributed by atoms with E-state index >= 15 is 0 Å². The molecule has 2 aliphatic rings. The van der Waals surface area contributed by atoms with Crippen molar-refractivity contribution in [3.8, 4) is 5.75 Å². The van der Waals surface area contributed by atoms with Crippen LogP contribution in [0.5, 0.6) is 5.75 Å². The van der Waals surface area contributed by atoms with E-state index in [4.69, 9.17) is 9.47 Å². The molecule has 2 aromatic carbocycles. The van der Waals surface area contributed by atoms with E-state index in [1.165, 1.54) is 0 Å². The summed E-state index contributed by atoms with van der Waals surface area (Å²) in [6, 6.07) is 12.5. The third-order valence-corrected chi connectivity index (χ3v) is 5.89. The monoisotopic (exact) mass is 368 g/mol. The van der Waals surface area contributed by atoms with Crippen molar-refractivity contribution in [1.29, 1.82) is 0 Å². The molecule has 2 fully saturated rings. The van der Waals surface area contributed by atoms with Crippen molar-refractivity contribution in [3.63, 3.8) is 0 Å². The topological polar surface area (TPSA) is 42.0 Å². The van der Waals surface area contributed by atoms with Gasteiger partial charge in [0.15, 0.2) is 0 Å². The summed E-state index contributed by atoms with van der Waals surface area (Å²) >= 11 is 0. The molecule has 144 valence electrons. The molecule has 27 heavy (non-hydrogen) atoms. The molecule has 0 N–H and O–H groups in total. The Morgan fingerprint density at radius 2 is 1.81 bits per heavy atom. The van der Waals surface area contributed by atoms with Crippen LogP contribution < -0.4 is 4.74 Å². The van der Waals surface area contributed by atoms with Gasteiger partial charge in [-0.25, -0.2) is 0 Å². The molecule has 5 heteroatoms. The van der Waals surface area contributed by atoms with Crippen molar-refractivity contribution in [2.75, 3.05) is 46.9 Å². The number of carbonyl (C=O) groups excluding carboxylic acids is 1. The molecule has 0 aromatic heterocycles. The number of methoxy groups -OCH3 is 1. The van der Waals surface area contributed by atoms with Crippen molar-refractivity contribution >= 4 is 16.7 Å². The second-order valence-electron chi connectivity index (χ2n) is 7.69. The molecule has 5 nitrogen and oxygen atoms in total. The molecule has 1 amide bonds. The molecule has 4 rings (SSSR count). The number of fused-ring (bicyclic) bond motifs is 1. The molecule has 0 aliphatic carbocycles. The van der Waals surface area contributed by atoms with Gasteiger partial charge in [-0.3, -0.25) is 4.79 Å². The van der Waals surface area contributed by atoms with Gasteiger partial charge < -0.3 is 19.3 Å². The number of morpholine rings is 1. The van der Waals surface area contributed by atoms with Crippen molar-refractivity contribution in [2.24, 2.45) is 5.92 Å². The molecule has 2 aliphatic heterocycles. The van der Waals surface area contributed by atoms with Crippen LogP contribution in [0.4, 0.5) is 0 Å². The zero-order valence-corrected chi connectivity index (χ0v) is 16.2. The first-order valence-corrected chi connectivity index (χ1v) is 9.80. The minimum atomic E-state index is -0.0551. The van der Waals surface area contributed by atoms with Crippen LogP contribution in [0.2, 0.25) is 0 Å². The fourth-order valence-electron chi connectivity index (χ4n) is 4.13. The Kier molecular flexibility index (Phi) is 5.32. The molecule has 2 saturated heterocycles. The Morgan fingerprint density at radius 3 is 2.59 bits per heavy atom. The third-order valence-electron chi connectivity index (χ3n) is 5.89. The van der Waals surface area contributed by atoms with Gasteiger partial charge in [0.1, 0.15) is 11.9 Å². The van der Waals surface area contributed by atoms with Gasteiger partial charge in [-0.05, 0) is 67.5 Å². The average molecular weight is 368 g/mol. The van der Waals surface area contributed by atoms with Crippen LogP contribution in [-0.2, 0) is 9.53 Å². The Bertz CT molecular complexity index is 814. The van der Waals surface area contributed by atoms with E-state index in [1.807, 2.05) is 17.0 Å². The average Bonchev–Trinajstić information content (AvgIpc) is 2.73. The summed E-state index contributed by atoms with van der Waals surface area (Å²) in [6.45, 7) is 3.97. The molecule has 0 spiro atoms. The lowest BCUT2D eigenvalue weighted by molar-refractivity contribution is -0.144. The van der Waals surface area contributed by atoms with Gasteiger partial charge in [0.2, 0.25) is 5.91 Å². The number of rotatable bonds is 3. The number of hydrogen-bond donors (Lipinski definition) is 0. The van der Waals surface area contributed by atoms with Crippen molar-refractivity contribution < 1.29 is 14.3 Å². The highest BCUT2D eigenvalue weighted by atomic mass is 16.5. The maximum atomic E-state index is 13.0. The minimum absolute atomic E-state index is 0.0551. The van der Waals surface area contributed by atoms with Gasteiger partial charge in [-0.2, -0.15) is 0 Å². The molecular formula is C22H28N2O3. The number of nitrogens with zero attached hydrogens (tertiary/aromatic N) is 2. The van der Waals surface area contributed by atoms with Gasteiger partial charge in [0.25, 0.3) is 0 Å². The van der Waals surface area contributed by atoms with Gasteiger partial charge in [-0.1, -0.05) is 18.2 Å². The van der Waals surface area contributed by atoms with E-state index in [0.717, 1.165) is 48.0 Å². The lowest BCUT2D eigenvalue weighted by atomic mass is 9.95. The number of benzene rings is 2. The molecule has 2 aromatic rings. The van der Waals surface area contributed by atoms with E-state index in [0.29, 0.717) is 25.6 Å². The Hall–Kier alpha value is -2.11. The van der Waals surface area contributed by atoms with Crippen LogP contribution >= 0.6 is 0 Å². The Balaban J connectivity index is 1.47. The summed E-state index contributed by atoms with van der Waals surface area (Å²) in [5, 5.41) is 2.31. The molecule has 1 unspecified atom stereocenters. The maximum Gasteiger partial charge on any atom is 0.225 e. The summed E-state index contributed by atoms with van der Waals surface area (Å²) in [4.78, 5) is 17.3. The SMILES string of the molecule is COc1ccc2cc(C3CN(C(=O)C4CCN(C)CC4)CCO3)ccc2c1. The highest BCUT2D eigenvalue weighted by Crippen LogP contribution is 2.29. The standard InChI is InChI=1S/C22H28N2O3/c1-23-9-7-16(8-10-23)22(25)24-11-12-27-21(15-24)19-4-3-18-14-20(26-2)6-5-17(18)13-19/h3-6,13-14,16,21H,7-12,15H2,1-2H3. The van der Waals surface area contributed by atoms with Crippen LogP contribution in [0.15, 0.2) is 36.4 Å². The smallest absolute Gasteiger partial charge is 0.225 e. The molecule has 1 atom stereocenters. The number of amides is 1. The van der Waals surface area contributed by atoms with Crippen LogP contribution in [0.1, 0.15) is 24.5 Å². The van der Waals surface area contributed by atoms with E-state index in [-0.39, 0.29) is 12.0 Å². The molecule has 0 saturated carbocycles. The summed E-state index contributed by atoms with van der Waals surface area (Å²) in [5.74, 6) is 1.34. The summed E-state index contributed by atoms with van der Waals surface area (Å²) in [5.41, 5.74) is 1.13. The van der Waals surface area contributed by atoms with E-state index in [1.54, 1.807) is 7.11 Å². The second kappa shape index (κ2) is 7.87. The number of hydrogen-bond acceptors (Lipinski definition) is 4. The maximum absolute atomic E-state index is 13.0. The van der Waals surface area contributed by atoms with E-state index in [9.17, 15) is 4.79 Å². The van der Waals surface area contributed by atoms with Crippen molar-refractivity contribution in [2.45, 2.75) is 18.9 Å². The summed E-state index contributed by atoms with van der Waals surface area (Å²) in [7, 11) is 3.81. The van der Waals surface area contributed by atoms with E-state index in [2.05, 4.69) is 36.2 Å². The summed E-state index contributed by atoms with van der Waals surface area (Å²) < 4.78 is 11.3. The highest BCUT2D eigenvalue weighted by Gasteiger charge is 2.31. The molecular weight excluding hydrogens is 340 g/mol. The number of piperidine rings is 1. The molecule has 0 radical (unpaired) electrons. The normalized spacial score (nSPS) is 22.1. The van der Waals surface area contributed by atoms with Gasteiger partial charge in [-0.15, -0.1) is 0 Å². The fraction of sp³-hybridized carbons (Fsp3) is 0.500. The van der Waals surface area contributed by atoms with Crippen molar-refractivity contribution in [1.82, 2.24) is 9.80 Å². The second-order valence-corrected chi connectivity index (χ2v) is 7.69. The Labute approximate surface area is 160 Å². The van der Waals surface area contributed by atoms with Gasteiger partial charge in [0, 0.05) is 12.5 Å². The first-order chi connectivity index (χ1) is 13.1. The van der Waals surface area contributed by atoms with Crippen LogP contribution in [-0.4, -0.2) is 62.7 Å². The summed E-state index contributed by atoms with van der Waals surface area (Å²) in [6.07, 6.45) is 1.88. The number of carbonyl (C=O) groups is 1. The fourth-order valence-corrected chi connectivity index (χ4v) is 4.13. The third kappa shape index (κ3) is 3.94. The molecule has 0 bridgehead atoms. The largest absolute Gasteiger partial charge is 0.497 e. The minimum Gasteiger partial charge on any atom is -0.497 e. The van der Waals surface area contributed by atoms with Gasteiger partial charge in [0.05, 0.1) is 20.3 Å².